The highest BCUT2D eigenvalue weighted by Gasteiger charge is 2.04. The molecule has 0 radical (unpaired) electrons. The summed E-state index contributed by atoms with van der Waals surface area (Å²) in [6.45, 7) is 0.750. The van der Waals surface area contributed by atoms with Crippen molar-refractivity contribution >= 4 is 45.8 Å². The summed E-state index contributed by atoms with van der Waals surface area (Å²) in [4.78, 5) is 12.9. The Morgan fingerprint density at radius 2 is 2.18 bits per heavy atom. The van der Waals surface area contributed by atoms with E-state index in [1.807, 2.05) is 18.2 Å². The minimum absolute atomic E-state index is 0.153. The summed E-state index contributed by atoms with van der Waals surface area (Å²) in [5, 5.41) is 3.95. The molecule has 1 aromatic carbocycles. The van der Waals surface area contributed by atoms with Crippen molar-refractivity contribution in [1.29, 1.82) is 0 Å². The van der Waals surface area contributed by atoms with E-state index >= 15 is 0 Å². The Labute approximate surface area is 121 Å². The minimum Gasteiger partial charge on any atom is -0.384 e. The smallest absolute Gasteiger partial charge is 0.222 e. The number of rotatable bonds is 5. The number of amides is 1. The molecule has 0 aliphatic carbocycles. The topological polar surface area (TPSA) is 32.3 Å². The van der Waals surface area contributed by atoms with Gasteiger partial charge in [0, 0.05) is 30.6 Å². The first-order valence-corrected chi connectivity index (χ1v) is 6.85. The third-order valence-corrected chi connectivity index (χ3v) is 3.30. The molecule has 0 unspecified atom stereocenters. The summed E-state index contributed by atoms with van der Waals surface area (Å²) >= 11 is 8.30. The average molecular weight is 367 g/mol. The van der Waals surface area contributed by atoms with Crippen molar-refractivity contribution in [2.45, 2.75) is 12.8 Å². The molecule has 0 saturated heterocycles. The van der Waals surface area contributed by atoms with E-state index in [9.17, 15) is 4.79 Å². The maximum Gasteiger partial charge on any atom is 0.222 e. The van der Waals surface area contributed by atoms with Crippen molar-refractivity contribution in [3.63, 3.8) is 0 Å². The number of hydrogen-bond acceptors (Lipinski definition) is 2. The molecular formula is C12H16ClIN2O. The molecular weight excluding hydrogens is 351 g/mol. The third kappa shape index (κ3) is 5.12. The van der Waals surface area contributed by atoms with Crippen LogP contribution in [0, 0.1) is 3.57 Å². The van der Waals surface area contributed by atoms with Crippen LogP contribution in [0.2, 0.25) is 5.02 Å². The number of nitrogens with zero attached hydrogens (tertiary/aromatic N) is 1. The molecule has 1 N–H and O–H groups in total. The van der Waals surface area contributed by atoms with Crippen molar-refractivity contribution in [2.75, 3.05) is 26.0 Å². The number of carbonyl (C=O) groups is 1. The van der Waals surface area contributed by atoms with Crippen LogP contribution in [0.1, 0.15) is 12.8 Å². The summed E-state index contributed by atoms with van der Waals surface area (Å²) in [6.07, 6.45) is 1.36. The fraction of sp³-hybridized carbons (Fsp3) is 0.417. The van der Waals surface area contributed by atoms with Crippen LogP contribution in [0.3, 0.4) is 0 Å². The monoisotopic (exact) mass is 366 g/mol. The number of nitrogens with one attached hydrogen (secondary N) is 1. The van der Waals surface area contributed by atoms with Gasteiger partial charge in [0.05, 0.1) is 10.7 Å². The Morgan fingerprint density at radius 3 is 2.76 bits per heavy atom. The fourth-order valence-electron chi connectivity index (χ4n) is 1.32. The zero-order chi connectivity index (χ0) is 12.8. The molecule has 0 aromatic heterocycles. The molecule has 5 heteroatoms. The lowest BCUT2D eigenvalue weighted by Crippen LogP contribution is -2.22. The molecule has 1 aromatic rings. The Morgan fingerprint density at radius 1 is 1.47 bits per heavy atom. The van der Waals surface area contributed by atoms with Gasteiger partial charge in [0.15, 0.2) is 0 Å². The molecule has 0 spiro atoms. The van der Waals surface area contributed by atoms with E-state index in [-0.39, 0.29) is 5.91 Å². The van der Waals surface area contributed by atoms with E-state index in [4.69, 9.17) is 11.6 Å². The predicted octanol–water partition coefficient (Wildman–Crippen LogP) is 3.22. The molecule has 0 aliphatic heterocycles. The summed E-state index contributed by atoms with van der Waals surface area (Å²) in [5.41, 5.74) is 0.921. The molecule has 0 atom stereocenters. The lowest BCUT2D eigenvalue weighted by Gasteiger charge is -2.11. The predicted molar refractivity (Wildman–Crippen MR) is 80.6 cm³/mol. The van der Waals surface area contributed by atoms with Gasteiger partial charge in [-0.1, -0.05) is 11.6 Å². The molecule has 1 rings (SSSR count). The van der Waals surface area contributed by atoms with Crippen molar-refractivity contribution in [3.05, 3.63) is 26.8 Å². The second-order valence-electron chi connectivity index (χ2n) is 3.94. The average Bonchev–Trinajstić information content (AvgIpc) is 2.26. The first kappa shape index (κ1) is 14.6. The van der Waals surface area contributed by atoms with Gasteiger partial charge >= 0.3 is 0 Å². The lowest BCUT2D eigenvalue weighted by molar-refractivity contribution is -0.128. The van der Waals surface area contributed by atoms with E-state index in [1.54, 1.807) is 19.0 Å². The van der Waals surface area contributed by atoms with Gasteiger partial charge < -0.3 is 10.2 Å². The second kappa shape index (κ2) is 7.06. The molecule has 94 valence electrons. The second-order valence-corrected chi connectivity index (χ2v) is 5.60. The summed E-state index contributed by atoms with van der Waals surface area (Å²) in [5.74, 6) is 0.153. The highest BCUT2D eigenvalue weighted by molar-refractivity contribution is 14.1. The quantitative estimate of drug-likeness (QED) is 0.641. The van der Waals surface area contributed by atoms with Gasteiger partial charge in [-0.3, -0.25) is 4.79 Å². The van der Waals surface area contributed by atoms with Crippen LogP contribution >= 0.6 is 34.2 Å². The van der Waals surface area contributed by atoms with E-state index in [1.165, 1.54) is 0 Å². The van der Waals surface area contributed by atoms with Gasteiger partial charge in [0.2, 0.25) is 5.91 Å². The molecule has 0 bridgehead atoms. The molecule has 0 saturated carbocycles. The Balaban J connectivity index is 2.34. The first-order valence-electron chi connectivity index (χ1n) is 5.40. The van der Waals surface area contributed by atoms with E-state index < -0.39 is 0 Å². The van der Waals surface area contributed by atoms with Crippen LogP contribution < -0.4 is 5.32 Å². The van der Waals surface area contributed by atoms with Gasteiger partial charge in [0.1, 0.15) is 0 Å². The number of halogens is 2. The fourth-order valence-corrected chi connectivity index (χ4v) is 2.24. The SMILES string of the molecule is CN(C)C(=O)CCCNc1ccc(I)cc1Cl. The maximum absolute atomic E-state index is 11.3. The van der Waals surface area contributed by atoms with Crippen LogP contribution in [0.5, 0.6) is 0 Å². The number of carbonyl (C=O) groups excluding carboxylic acids is 1. The van der Waals surface area contributed by atoms with E-state index in [0.717, 1.165) is 27.2 Å². The van der Waals surface area contributed by atoms with Gasteiger partial charge in [-0.05, 0) is 47.2 Å². The number of hydrogen-bond donors (Lipinski definition) is 1. The van der Waals surface area contributed by atoms with Gasteiger partial charge in [-0.15, -0.1) is 0 Å². The molecule has 3 nitrogen and oxygen atoms in total. The summed E-state index contributed by atoms with van der Waals surface area (Å²) < 4.78 is 1.11. The molecule has 0 aliphatic rings. The first-order chi connectivity index (χ1) is 8.00. The van der Waals surface area contributed by atoms with Crippen molar-refractivity contribution < 1.29 is 4.79 Å². The van der Waals surface area contributed by atoms with Crippen molar-refractivity contribution in [3.8, 4) is 0 Å². The van der Waals surface area contributed by atoms with Crippen LogP contribution in [0.25, 0.3) is 0 Å². The molecule has 0 heterocycles. The highest BCUT2D eigenvalue weighted by Crippen LogP contribution is 2.23. The maximum atomic E-state index is 11.3. The third-order valence-electron chi connectivity index (χ3n) is 2.31. The summed E-state index contributed by atoms with van der Waals surface area (Å²) in [6, 6.07) is 5.87. The Bertz CT molecular complexity index is 396. The minimum atomic E-state index is 0.153. The zero-order valence-corrected chi connectivity index (χ0v) is 12.9. The number of anilines is 1. The molecule has 1 amide bonds. The van der Waals surface area contributed by atoms with Crippen LogP contribution in [0.4, 0.5) is 5.69 Å². The Kier molecular flexibility index (Phi) is 6.05. The zero-order valence-electron chi connectivity index (χ0n) is 9.96. The van der Waals surface area contributed by atoms with Crippen LogP contribution in [0.15, 0.2) is 18.2 Å². The Hall–Kier alpha value is -0.490. The largest absolute Gasteiger partial charge is 0.384 e. The lowest BCUT2D eigenvalue weighted by atomic mass is 10.2. The summed E-state index contributed by atoms with van der Waals surface area (Å²) in [7, 11) is 3.54. The standard InChI is InChI=1S/C12H16ClIN2O/c1-16(2)12(17)4-3-7-15-11-6-5-9(14)8-10(11)13/h5-6,8,15H,3-4,7H2,1-2H3. The van der Waals surface area contributed by atoms with Crippen LogP contribution in [-0.4, -0.2) is 31.4 Å². The highest BCUT2D eigenvalue weighted by atomic mass is 127. The normalized spacial score (nSPS) is 10.1. The number of benzene rings is 1. The molecule has 0 fully saturated rings. The van der Waals surface area contributed by atoms with E-state index in [2.05, 4.69) is 27.9 Å². The van der Waals surface area contributed by atoms with Gasteiger partial charge in [-0.2, -0.15) is 0 Å². The van der Waals surface area contributed by atoms with Crippen molar-refractivity contribution in [1.82, 2.24) is 4.90 Å². The molecule has 17 heavy (non-hydrogen) atoms. The van der Waals surface area contributed by atoms with Gasteiger partial charge in [-0.25, -0.2) is 0 Å². The van der Waals surface area contributed by atoms with Crippen LogP contribution in [-0.2, 0) is 4.79 Å². The van der Waals surface area contributed by atoms with Crippen molar-refractivity contribution in [2.24, 2.45) is 0 Å². The van der Waals surface area contributed by atoms with E-state index in [0.29, 0.717) is 6.42 Å². The van der Waals surface area contributed by atoms with Gasteiger partial charge in [0.25, 0.3) is 0 Å².